The molecule has 1 rings (SSSR count). The lowest BCUT2D eigenvalue weighted by atomic mass is 10.1. The van der Waals surface area contributed by atoms with Crippen LogP contribution in [0.3, 0.4) is 0 Å². The first-order valence-electron chi connectivity index (χ1n) is 5.69. The number of rotatable bonds is 5. The van der Waals surface area contributed by atoms with Gasteiger partial charge in [-0.25, -0.2) is 8.42 Å². The van der Waals surface area contributed by atoms with E-state index < -0.39 is 15.9 Å². The Morgan fingerprint density at radius 1 is 1.47 bits per heavy atom. The summed E-state index contributed by atoms with van der Waals surface area (Å²) in [5, 5.41) is 2.70. The summed E-state index contributed by atoms with van der Waals surface area (Å²) in [4.78, 5) is 11.8. The van der Waals surface area contributed by atoms with Crippen LogP contribution in [-0.2, 0) is 14.6 Å². The maximum Gasteiger partial charge on any atom is 0.241 e. The molecule has 1 aromatic rings. The van der Waals surface area contributed by atoms with Gasteiger partial charge < -0.3 is 11.1 Å². The second kappa shape index (κ2) is 6.49. The second-order valence-corrected chi connectivity index (χ2v) is 7.65. The highest BCUT2D eigenvalue weighted by atomic mass is 79.9. The van der Waals surface area contributed by atoms with Crippen molar-refractivity contribution in [2.75, 3.05) is 17.3 Å². The first-order valence-corrected chi connectivity index (χ1v) is 8.55. The number of halogens is 1. The molecule has 0 aliphatic heterocycles. The number of carbonyl (C=O) groups is 1. The van der Waals surface area contributed by atoms with E-state index in [1.807, 2.05) is 19.1 Å². The van der Waals surface area contributed by atoms with E-state index in [4.69, 9.17) is 5.73 Å². The fourth-order valence-electron chi connectivity index (χ4n) is 1.43. The Bertz CT molecular complexity index is 572. The minimum absolute atomic E-state index is 0.0982. The van der Waals surface area contributed by atoms with Gasteiger partial charge in [0.15, 0.2) is 0 Å². The van der Waals surface area contributed by atoms with Crippen LogP contribution in [0.5, 0.6) is 0 Å². The third-order valence-corrected chi connectivity index (χ3v) is 4.06. The van der Waals surface area contributed by atoms with Crippen LogP contribution < -0.4 is 11.1 Å². The number of nitrogens with one attached hydrogen (secondary N) is 1. The van der Waals surface area contributed by atoms with Gasteiger partial charge in [-0.15, -0.1) is 0 Å². The average Bonchev–Trinajstić information content (AvgIpc) is 2.29. The van der Waals surface area contributed by atoms with Crippen LogP contribution >= 0.6 is 15.9 Å². The highest BCUT2D eigenvalue weighted by molar-refractivity contribution is 9.10. The van der Waals surface area contributed by atoms with Gasteiger partial charge in [0.2, 0.25) is 5.91 Å². The van der Waals surface area contributed by atoms with Crippen molar-refractivity contribution >= 4 is 37.4 Å². The summed E-state index contributed by atoms with van der Waals surface area (Å²) in [6.07, 6.45) is 1.23. The van der Waals surface area contributed by atoms with Crippen molar-refractivity contribution in [3.63, 3.8) is 0 Å². The maximum absolute atomic E-state index is 11.8. The lowest BCUT2D eigenvalue weighted by Crippen LogP contribution is -2.37. The zero-order valence-corrected chi connectivity index (χ0v) is 13.2. The molecule has 0 bridgehead atoms. The van der Waals surface area contributed by atoms with E-state index in [1.54, 1.807) is 6.07 Å². The van der Waals surface area contributed by atoms with Crippen molar-refractivity contribution in [2.24, 2.45) is 5.73 Å². The molecule has 5 nitrogen and oxygen atoms in total. The normalized spacial score (nSPS) is 13.1. The van der Waals surface area contributed by atoms with Gasteiger partial charge in [-0.1, -0.05) is 22.0 Å². The number of nitrogens with two attached hydrogens (primary N) is 1. The summed E-state index contributed by atoms with van der Waals surface area (Å²) in [5.74, 6) is -0.483. The molecule has 0 aromatic heterocycles. The molecule has 1 unspecified atom stereocenters. The van der Waals surface area contributed by atoms with E-state index >= 15 is 0 Å². The minimum atomic E-state index is -3.11. The standard InChI is InChI=1S/C12H17BrN2O3S/c1-8-3-4-9(13)7-11(8)15-12(16)10(14)5-6-19(2,17)18/h3-4,7,10H,5-6,14H2,1-2H3,(H,15,16). The van der Waals surface area contributed by atoms with Crippen molar-refractivity contribution < 1.29 is 13.2 Å². The zero-order chi connectivity index (χ0) is 14.6. The molecular weight excluding hydrogens is 332 g/mol. The van der Waals surface area contributed by atoms with Gasteiger partial charge in [-0.3, -0.25) is 4.79 Å². The SMILES string of the molecule is Cc1ccc(Br)cc1NC(=O)C(N)CCS(C)(=O)=O. The zero-order valence-electron chi connectivity index (χ0n) is 10.8. The Hall–Kier alpha value is -0.920. The fourth-order valence-corrected chi connectivity index (χ4v) is 2.47. The molecule has 0 heterocycles. The van der Waals surface area contributed by atoms with Gasteiger partial charge in [-0.05, 0) is 31.0 Å². The van der Waals surface area contributed by atoms with Crippen LogP contribution in [0.25, 0.3) is 0 Å². The molecule has 1 amide bonds. The Labute approximate surface area is 121 Å². The smallest absolute Gasteiger partial charge is 0.241 e. The Morgan fingerprint density at radius 2 is 2.11 bits per heavy atom. The predicted octanol–water partition coefficient (Wildman–Crippen LogP) is 1.46. The van der Waals surface area contributed by atoms with E-state index in [0.717, 1.165) is 16.3 Å². The number of aryl methyl sites for hydroxylation is 1. The number of anilines is 1. The van der Waals surface area contributed by atoms with Crippen LogP contribution in [0, 0.1) is 6.92 Å². The number of amides is 1. The van der Waals surface area contributed by atoms with Crippen LogP contribution in [0.2, 0.25) is 0 Å². The number of hydrogen-bond acceptors (Lipinski definition) is 4. The quantitative estimate of drug-likeness (QED) is 0.842. The van der Waals surface area contributed by atoms with Gasteiger partial charge in [-0.2, -0.15) is 0 Å². The maximum atomic E-state index is 11.8. The van der Waals surface area contributed by atoms with Crippen molar-refractivity contribution in [3.05, 3.63) is 28.2 Å². The van der Waals surface area contributed by atoms with Gasteiger partial charge in [0, 0.05) is 16.4 Å². The monoisotopic (exact) mass is 348 g/mol. The van der Waals surface area contributed by atoms with Crippen molar-refractivity contribution in [3.8, 4) is 0 Å². The molecule has 106 valence electrons. The Kier molecular flexibility index (Phi) is 5.51. The summed E-state index contributed by atoms with van der Waals surface area (Å²) < 4.78 is 22.9. The Balaban J connectivity index is 2.66. The number of carbonyl (C=O) groups excluding carboxylic acids is 1. The summed E-state index contributed by atoms with van der Waals surface area (Å²) in [5.41, 5.74) is 7.24. The largest absolute Gasteiger partial charge is 0.324 e. The lowest BCUT2D eigenvalue weighted by Gasteiger charge is -2.13. The molecule has 0 fully saturated rings. The summed E-state index contributed by atoms with van der Waals surface area (Å²) in [7, 11) is -3.11. The fraction of sp³-hybridized carbons (Fsp3) is 0.417. The molecule has 0 saturated carbocycles. The molecule has 3 N–H and O–H groups in total. The summed E-state index contributed by atoms with van der Waals surface area (Å²) in [6.45, 7) is 1.87. The molecule has 7 heteroatoms. The number of benzene rings is 1. The molecule has 1 atom stereocenters. The number of sulfone groups is 1. The van der Waals surface area contributed by atoms with Crippen LogP contribution in [0.4, 0.5) is 5.69 Å². The molecule has 0 spiro atoms. The predicted molar refractivity (Wildman–Crippen MR) is 79.8 cm³/mol. The first kappa shape index (κ1) is 16.1. The van der Waals surface area contributed by atoms with Crippen LogP contribution in [-0.4, -0.2) is 32.4 Å². The van der Waals surface area contributed by atoms with E-state index in [-0.39, 0.29) is 18.1 Å². The lowest BCUT2D eigenvalue weighted by molar-refractivity contribution is -0.117. The van der Waals surface area contributed by atoms with Gasteiger partial charge in [0.05, 0.1) is 11.8 Å². The number of hydrogen-bond donors (Lipinski definition) is 2. The Morgan fingerprint density at radius 3 is 2.68 bits per heavy atom. The molecule has 0 aliphatic rings. The van der Waals surface area contributed by atoms with Crippen molar-refractivity contribution in [2.45, 2.75) is 19.4 Å². The van der Waals surface area contributed by atoms with Gasteiger partial charge in [0.25, 0.3) is 0 Å². The van der Waals surface area contributed by atoms with E-state index in [1.165, 1.54) is 0 Å². The summed E-state index contributed by atoms with van der Waals surface area (Å²) in [6, 6.07) is 4.67. The minimum Gasteiger partial charge on any atom is -0.324 e. The first-order chi connectivity index (χ1) is 8.69. The molecule has 1 aromatic carbocycles. The molecule has 19 heavy (non-hydrogen) atoms. The highest BCUT2D eigenvalue weighted by Crippen LogP contribution is 2.20. The van der Waals surface area contributed by atoms with Gasteiger partial charge in [0.1, 0.15) is 9.84 Å². The summed E-state index contributed by atoms with van der Waals surface area (Å²) >= 11 is 3.32. The van der Waals surface area contributed by atoms with Crippen molar-refractivity contribution in [1.82, 2.24) is 0 Å². The third-order valence-electron chi connectivity index (χ3n) is 2.59. The van der Waals surface area contributed by atoms with Gasteiger partial charge >= 0.3 is 0 Å². The van der Waals surface area contributed by atoms with E-state index in [9.17, 15) is 13.2 Å². The van der Waals surface area contributed by atoms with Crippen LogP contribution in [0.15, 0.2) is 22.7 Å². The molecule has 0 aliphatic carbocycles. The average molecular weight is 349 g/mol. The van der Waals surface area contributed by atoms with E-state index in [2.05, 4.69) is 21.2 Å². The van der Waals surface area contributed by atoms with Crippen LogP contribution in [0.1, 0.15) is 12.0 Å². The van der Waals surface area contributed by atoms with E-state index in [0.29, 0.717) is 5.69 Å². The highest BCUT2D eigenvalue weighted by Gasteiger charge is 2.16. The topological polar surface area (TPSA) is 89.3 Å². The van der Waals surface area contributed by atoms with Crippen molar-refractivity contribution in [1.29, 1.82) is 0 Å². The second-order valence-electron chi connectivity index (χ2n) is 4.47. The molecular formula is C12H17BrN2O3S. The molecule has 0 saturated heterocycles. The third kappa shape index (κ3) is 5.71. The molecule has 0 radical (unpaired) electrons.